The summed E-state index contributed by atoms with van der Waals surface area (Å²) < 4.78 is 1.79. The number of halogens is 1. The topological polar surface area (TPSA) is 43.8 Å². The zero-order chi connectivity index (χ0) is 10.8. The molecule has 0 fully saturated rings. The molecule has 0 spiro atoms. The predicted octanol–water partition coefficient (Wildman–Crippen LogP) is 2.67. The quantitative estimate of drug-likeness (QED) is 0.848. The van der Waals surface area contributed by atoms with Crippen LogP contribution in [0.4, 0.5) is 5.69 Å². The molecule has 0 aliphatic heterocycles. The van der Waals surface area contributed by atoms with Gasteiger partial charge in [-0.2, -0.15) is 5.10 Å². The first-order valence-corrected chi connectivity index (χ1v) is 5.19. The Labute approximate surface area is 93.5 Å². The molecule has 0 aliphatic carbocycles. The maximum absolute atomic E-state index is 6.10. The Morgan fingerprint density at radius 2 is 2.13 bits per heavy atom. The molecular weight excluding hydrogens is 210 g/mol. The third-order valence-corrected chi connectivity index (χ3v) is 2.64. The SMILES string of the molecule is CCc1c(N)cnn1-c1ccccc1Cl. The molecule has 0 saturated heterocycles. The van der Waals surface area contributed by atoms with Crippen LogP contribution < -0.4 is 5.73 Å². The van der Waals surface area contributed by atoms with Crippen molar-refractivity contribution in [2.75, 3.05) is 5.73 Å². The Balaban J connectivity index is 2.59. The van der Waals surface area contributed by atoms with E-state index in [4.69, 9.17) is 17.3 Å². The van der Waals surface area contributed by atoms with Gasteiger partial charge in [0.05, 0.1) is 28.3 Å². The first-order valence-electron chi connectivity index (χ1n) is 4.81. The highest BCUT2D eigenvalue weighted by Gasteiger charge is 2.09. The van der Waals surface area contributed by atoms with Gasteiger partial charge in [-0.3, -0.25) is 0 Å². The van der Waals surface area contributed by atoms with Crippen molar-refractivity contribution in [3.8, 4) is 5.69 Å². The molecule has 0 aliphatic rings. The van der Waals surface area contributed by atoms with E-state index in [0.717, 1.165) is 17.8 Å². The third-order valence-electron chi connectivity index (χ3n) is 2.32. The molecule has 2 rings (SSSR count). The number of nitrogens with zero attached hydrogens (tertiary/aromatic N) is 2. The highest BCUT2D eigenvalue weighted by molar-refractivity contribution is 6.32. The van der Waals surface area contributed by atoms with Crippen molar-refractivity contribution in [1.29, 1.82) is 0 Å². The highest BCUT2D eigenvalue weighted by atomic mass is 35.5. The molecule has 0 radical (unpaired) electrons. The van der Waals surface area contributed by atoms with Crippen molar-refractivity contribution in [3.63, 3.8) is 0 Å². The van der Waals surface area contributed by atoms with E-state index < -0.39 is 0 Å². The summed E-state index contributed by atoms with van der Waals surface area (Å²) in [5.74, 6) is 0. The second kappa shape index (κ2) is 3.95. The predicted molar refractivity (Wildman–Crippen MR) is 62.4 cm³/mol. The number of benzene rings is 1. The normalized spacial score (nSPS) is 10.5. The van der Waals surface area contributed by atoms with Gasteiger partial charge in [0.1, 0.15) is 0 Å². The lowest BCUT2D eigenvalue weighted by Crippen LogP contribution is -2.03. The zero-order valence-corrected chi connectivity index (χ0v) is 9.20. The summed E-state index contributed by atoms with van der Waals surface area (Å²) in [7, 11) is 0. The van der Waals surface area contributed by atoms with Crippen molar-refractivity contribution in [2.24, 2.45) is 0 Å². The molecular formula is C11H12ClN3. The fourth-order valence-electron chi connectivity index (χ4n) is 1.57. The van der Waals surface area contributed by atoms with Gasteiger partial charge in [-0.15, -0.1) is 0 Å². The van der Waals surface area contributed by atoms with Crippen LogP contribution >= 0.6 is 11.6 Å². The summed E-state index contributed by atoms with van der Waals surface area (Å²) in [5, 5.41) is 4.90. The summed E-state index contributed by atoms with van der Waals surface area (Å²) in [5.41, 5.74) is 8.38. The molecule has 0 saturated carbocycles. The lowest BCUT2D eigenvalue weighted by Gasteiger charge is -2.07. The van der Waals surface area contributed by atoms with E-state index >= 15 is 0 Å². The number of nitrogen functional groups attached to an aromatic ring is 1. The Hall–Kier alpha value is -1.48. The van der Waals surface area contributed by atoms with Gasteiger partial charge in [0, 0.05) is 0 Å². The van der Waals surface area contributed by atoms with Crippen LogP contribution in [0.2, 0.25) is 5.02 Å². The summed E-state index contributed by atoms with van der Waals surface area (Å²) in [6, 6.07) is 7.59. The van der Waals surface area contributed by atoms with E-state index in [0.29, 0.717) is 10.7 Å². The number of para-hydroxylation sites is 1. The van der Waals surface area contributed by atoms with Crippen molar-refractivity contribution < 1.29 is 0 Å². The highest BCUT2D eigenvalue weighted by Crippen LogP contribution is 2.23. The second-order valence-electron chi connectivity index (χ2n) is 3.26. The number of rotatable bonds is 2. The third kappa shape index (κ3) is 1.70. The number of aromatic nitrogens is 2. The minimum atomic E-state index is 0.676. The summed E-state index contributed by atoms with van der Waals surface area (Å²) in [4.78, 5) is 0. The van der Waals surface area contributed by atoms with E-state index in [1.165, 1.54) is 0 Å². The second-order valence-corrected chi connectivity index (χ2v) is 3.67. The van der Waals surface area contributed by atoms with Crippen LogP contribution in [0.5, 0.6) is 0 Å². The van der Waals surface area contributed by atoms with Crippen LogP contribution in [-0.4, -0.2) is 9.78 Å². The molecule has 0 amide bonds. The Kier molecular flexibility index (Phi) is 2.64. The molecule has 1 heterocycles. The van der Waals surface area contributed by atoms with Crippen LogP contribution in [0.1, 0.15) is 12.6 Å². The summed E-state index contributed by atoms with van der Waals surface area (Å²) in [6.07, 6.45) is 2.49. The Bertz CT molecular complexity index is 476. The van der Waals surface area contributed by atoms with Gasteiger partial charge in [0.15, 0.2) is 0 Å². The smallest absolute Gasteiger partial charge is 0.0835 e. The molecule has 0 unspecified atom stereocenters. The van der Waals surface area contributed by atoms with E-state index in [1.54, 1.807) is 10.9 Å². The van der Waals surface area contributed by atoms with Gasteiger partial charge in [-0.25, -0.2) is 4.68 Å². The molecule has 15 heavy (non-hydrogen) atoms. The summed E-state index contributed by atoms with van der Waals surface area (Å²) in [6.45, 7) is 2.04. The largest absolute Gasteiger partial charge is 0.396 e. The van der Waals surface area contributed by atoms with Gasteiger partial charge in [0.25, 0.3) is 0 Å². The van der Waals surface area contributed by atoms with Gasteiger partial charge in [-0.1, -0.05) is 30.7 Å². The van der Waals surface area contributed by atoms with Crippen LogP contribution in [0.25, 0.3) is 5.69 Å². The number of hydrogen-bond acceptors (Lipinski definition) is 2. The van der Waals surface area contributed by atoms with Crippen LogP contribution in [0.15, 0.2) is 30.5 Å². The molecule has 2 aromatic rings. The summed E-state index contributed by atoms with van der Waals surface area (Å²) >= 11 is 6.10. The fraction of sp³-hybridized carbons (Fsp3) is 0.182. The van der Waals surface area contributed by atoms with E-state index in [-0.39, 0.29) is 0 Å². The number of anilines is 1. The van der Waals surface area contributed by atoms with Crippen molar-refractivity contribution >= 4 is 17.3 Å². The molecule has 2 N–H and O–H groups in total. The number of nitrogens with two attached hydrogens (primary N) is 1. The Morgan fingerprint density at radius 3 is 2.80 bits per heavy atom. The fourth-order valence-corrected chi connectivity index (χ4v) is 1.79. The maximum atomic E-state index is 6.10. The van der Waals surface area contributed by atoms with Gasteiger partial charge >= 0.3 is 0 Å². The van der Waals surface area contributed by atoms with E-state index in [2.05, 4.69) is 5.10 Å². The van der Waals surface area contributed by atoms with Gasteiger partial charge in [-0.05, 0) is 18.6 Å². The molecule has 4 heteroatoms. The molecule has 0 bridgehead atoms. The minimum Gasteiger partial charge on any atom is -0.396 e. The minimum absolute atomic E-state index is 0.676. The van der Waals surface area contributed by atoms with Crippen molar-refractivity contribution in [3.05, 3.63) is 41.2 Å². The van der Waals surface area contributed by atoms with Gasteiger partial charge in [0.2, 0.25) is 0 Å². The first kappa shape index (κ1) is 10.1. The Morgan fingerprint density at radius 1 is 1.40 bits per heavy atom. The zero-order valence-electron chi connectivity index (χ0n) is 8.44. The first-order chi connectivity index (χ1) is 7.24. The molecule has 78 valence electrons. The van der Waals surface area contributed by atoms with Gasteiger partial charge < -0.3 is 5.73 Å². The van der Waals surface area contributed by atoms with Crippen LogP contribution in [0, 0.1) is 0 Å². The molecule has 1 aromatic carbocycles. The molecule has 3 nitrogen and oxygen atoms in total. The van der Waals surface area contributed by atoms with Crippen LogP contribution in [-0.2, 0) is 6.42 Å². The lowest BCUT2D eigenvalue weighted by atomic mass is 10.2. The average Bonchev–Trinajstić information content (AvgIpc) is 2.60. The van der Waals surface area contributed by atoms with Crippen molar-refractivity contribution in [1.82, 2.24) is 9.78 Å². The number of hydrogen-bond donors (Lipinski definition) is 1. The maximum Gasteiger partial charge on any atom is 0.0835 e. The van der Waals surface area contributed by atoms with E-state index in [1.807, 2.05) is 31.2 Å². The van der Waals surface area contributed by atoms with Crippen LogP contribution in [0.3, 0.4) is 0 Å². The molecule has 0 atom stereocenters. The average molecular weight is 222 g/mol. The monoisotopic (exact) mass is 221 g/mol. The molecule has 1 aromatic heterocycles. The van der Waals surface area contributed by atoms with Crippen molar-refractivity contribution in [2.45, 2.75) is 13.3 Å². The van der Waals surface area contributed by atoms with E-state index in [9.17, 15) is 0 Å². The standard InChI is InChI=1S/C11H12ClN3/c1-2-10-9(13)7-14-15(10)11-6-4-3-5-8(11)12/h3-7H,2,13H2,1H3. The lowest BCUT2D eigenvalue weighted by molar-refractivity contribution is 0.815.